The number of alkyl halides is 1. The summed E-state index contributed by atoms with van der Waals surface area (Å²) in [4.78, 5) is 13.0. The van der Waals surface area contributed by atoms with Gasteiger partial charge in [0.25, 0.3) is 0 Å². The second-order valence-corrected chi connectivity index (χ2v) is 7.52. The highest BCUT2D eigenvalue weighted by atomic mass is 35.5. The van der Waals surface area contributed by atoms with Gasteiger partial charge in [0, 0.05) is 4.88 Å². The number of halogens is 1. The molecular formula is C11H14ClNO4S2. The van der Waals surface area contributed by atoms with Gasteiger partial charge in [-0.15, -0.1) is 22.9 Å². The predicted octanol–water partition coefficient (Wildman–Crippen LogP) is 2.35. The lowest BCUT2D eigenvalue weighted by Gasteiger charge is -2.07. The summed E-state index contributed by atoms with van der Waals surface area (Å²) in [5, 5.41) is -0.221. The molecule has 1 aromatic rings. The molecule has 0 saturated carbocycles. The number of rotatable bonds is 5. The molecule has 1 aliphatic rings. The lowest BCUT2D eigenvalue weighted by Crippen LogP contribution is -2.16. The largest absolute Gasteiger partial charge is 0.462 e. The van der Waals surface area contributed by atoms with Gasteiger partial charge in [-0.3, -0.25) is 4.72 Å². The van der Waals surface area contributed by atoms with Crippen LogP contribution in [0.5, 0.6) is 0 Å². The van der Waals surface area contributed by atoms with E-state index in [0.29, 0.717) is 10.6 Å². The molecular weight excluding hydrogens is 310 g/mol. The van der Waals surface area contributed by atoms with Gasteiger partial charge in [-0.2, -0.15) is 0 Å². The first-order chi connectivity index (χ1) is 8.98. The first-order valence-corrected chi connectivity index (χ1v) is 8.87. The molecule has 0 aromatic carbocycles. The Morgan fingerprint density at radius 1 is 1.47 bits per heavy atom. The monoisotopic (exact) mass is 323 g/mol. The Balaban J connectivity index is 2.41. The fourth-order valence-electron chi connectivity index (χ4n) is 2.06. The standard InChI is InChI=1S/C11H14ClNO4S2/c1-2-17-11(14)9-7-4-3-5-8(7)18-10(9)13-19(15,16)6-12/h13H,2-6H2,1H3. The topological polar surface area (TPSA) is 72.5 Å². The van der Waals surface area contributed by atoms with Crippen molar-refractivity contribution in [2.75, 3.05) is 16.5 Å². The van der Waals surface area contributed by atoms with Crippen molar-refractivity contribution in [1.29, 1.82) is 0 Å². The van der Waals surface area contributed by atoms with E-state index < -0.39 is 21.2 Å². The van der Waals surface area contributed by atoms with Crippen LogP contribution in [-0.4, -0.2) is 26.2 Å². The summed E-state index contributed by atoms with van der Waals surface area (Å²) in [6, 6.07) is 0. The number of aryl methyl sites for hydroxylation is 1. The maximum Gasteiger partial charge on any atom is 0.341 e. The fraction of sp³-hybridized carbons (Fsp3) is 0.545. The lowest BCUT2D eigenvalue weighted by molar-refractivity contribution is 0.0527. The van der Waals surface area contributed by atoms with Gasteiger partial charge in [0.15, 0.2) is 0 Å². The molecule has 0 saturated heterocycles. The third kappa shape index (κ3) is 3.04. The second kappa shape index (κ2) is 5.68. The molecule has 0 amide bonds. The van der Waals surface area contributed by atoms with Gasteiger partial charge in [-0.25, -0.2) is 13.2 Å². The van der Waals surface area contributed by atoms with Gasteiger partial charge in [0.1, 0.15) is 10.2 Å². The molecule has 8 heteroatoms. The van der Waals surface area contributed by atoms with Crippen LogP contribution in [0, 0.1) is 0 Å². The first kappa shape index (κ1) is 14.6. The maximum absolute atomic E-state index is 12.0. The van der Waals surface area contributed by atoms with E-state index >= 15 is 0 Å². The Kier molecular flexibility index (Phi) is 4.37. The van der Waals surface area contributed by atoms with Gasteiger partial charge in [-0.1, -0.05) is 0 Å². The molecule has 5 nitrogen and oxygen atoms in total. The molecule has 0 unspecified atom stereocenters. The van der Waals surface area contributed by atoms with Crippen molar-refractivity contribution in [3.05, 3.63) is 16.0 Å². The summed E-state index contributed by atoms with van der Waals surface area (Å²) in [7, 11) is -3.61. The fourth-order valence-corrected chi connectivity index (χ4v) is 4.34. The third-order valence-electron chi connectivity index (χ3n) is 2.79. The van der Waals surface area contributed by atoms with E-state index in [9.17, 15) is 13.2 Å². The number of nitrogens with one attached hydrogen (secondary N) is 1. The van der Waals surface area contributed by atoms with E-state index in [4.69, 9.17) is 16.3 Å². The molecule has 0 radical (unpaired) electrons. The zero-order valence-corrected chi connectivity index (χ0v) is 12.8. The van der Waals surface area contributed by atoms with Gasteiger partial charge >= 0.3 is 5.97 Å². The highest BCUT2D eigenvalue weighted by Gasteiger charge is 2.29. The minimum Gasteiger partial charge on any atom is -0.462 e. The predicted molar refractivity (Wildman–Crippen MR) is 75.6 cm³/mol. The molecule has 19 heavy (non-hydrogen) atoms. The maximum atomic E-state index is 12.0. The molecule has 0 spiro atoms. The van der Waals surface area contributed by atoms with Crippen molar-refractivity contribution in [3.63, 3.8) is 0 Å². The number of hydrogen-bond acceptors (Lipinski definition) is 5. The van der Waals surface area contributed by atoms with Crippen molar-refractivity contribution in [2.24, 2.45) is 0 Å². The van der Waals surface area contributed by atoms with Crippen LogP contribution in [0.3, 0.4) is 0 Å². The number of ether oxygens (including phenoxy) is 1. The number of carbonyl (C=O) groups excluding carboxylic acids is 1. The zero-order chi connectivity index (χ0) is 14.0. The van der Waals surface area contributed by atoms with Gasteiger partial charge in [0.2, 0.25) is 10.0 Å². The molecule has 106 valence electrons. The molecule has 0 aliphatic heterocycles. The summed E-state index contributed by atoms with van der Waals surface area (Å²) in [5.41, 5.74) is 1.27. The highest BCUT2D eigenvalue weighted by Crippen LogP contribution is 2.39. The van der Waals surface area contributed by atoms with Crippen LogP contribution in [-0.2, 0) is 27.6 Å². The second-order valence-electron chi connectivity index (χ2n) is 4.11. The Hall–Kier alpha value is -0.790. The van der Waals surface area contributed by atoms with Crippen LogP contribution in [0.15, 0.2) is 0 Å². The molecule has 1 aromatic heterocycles. The molecule has 0 fully saturated rings. The van der Waals surface area contributed by atoms with E-state index in [1.54, 1.807) is 6.92 Å². The summed E-state index contributed by atoms with van der Waals surface area (Å²) >= 11 is 6.66. The van der Waals surface area contributed by atoms with E-state index in [0.717, 1.165) is 29.7 Å². The highest BCUT2D eigenvalue weighted by molar-refractivity contribution is 7.94. The Morgan fingerprint density at radius 2 is 2.21 bits per heavy atom. The van der Waals surface area contributed by atoms with Crippen LogP contribution in [0.1, 0.15) is 34.1 Å². The van der Waals surface area contributed by atoms with Crippen molar-refractivity contribution in [1.82, 2.24) is 0 Å². The van der Waals surface area contributed by atoms with Crippen molar-refractivity contribution < 1.29 is 17.9 Å². The van der Waals surface area contributed by atoms with Crippen molar-refractivity contribution >= 4 is 43.9 Å². The Labute approximate surface area is 121 Å². The molecule has 1 N–H and O–H groups in total. The number of esters is 1. The SMILES string of the molecule is CCOC(=O)c1c(NS(=O)(=O)CCl)sc2c1CCC2. The minimum atomic E-state index is -3.61. The minimum absolute atomic E-state index is 0.255. The number of sulfonamides is 1. The van der Waals surface area contributed by atoms with E-state index in [1.807, 2.05) is 0 Å². The summed E-state index contributed by atoms with van der Waals surface area (Å²) in [5.74, 6) is -0.478. The van der Waals surface area contributed by atoms with E-state index in [2.05, 4.69) is 4.72 Å². The third-order valence-corrected chi connectivity index (χ3v) is 5.79. The molecule has 1 heterocycles. The first-order valence-electron chi connectivity index (χ1n) is 5.86. The van der Waals surface area contributed by atoms with Crippen molar-refractivity contribution in [3.8, 4) is 0 Å². The molecule has 0 atom stereocenters. The average Bonchev–Trinajstić information content (AvgIpc) is 2.88. The summed E-state index contributed by atoms with van der Waals surface area (Å²) in [6.07, 6.45) is 2.63. The quantitative estimate of drug-likeness (QED) is 0.667. The van der Waals surface area contributed by atoms with Gasteiger partial charge in [-0.05, 0) is 31.7 Å². The van der Waals surface area contributed by atoms with Crippen molar-refractivity contribution in [2.45, 2.75) is 26.2 Å². The van der Waals surface area contributed by atoms with Gasteiger partial charge < -0.3 is 4.74 Å². The zero-order valence-electron chi connectivity index (χ0n) is 10.4. The van der Waals surface area contributed by atoms with Crippen LogP contribution in [0.2, 0.25) is 0 Å². The van der Waals surface area contributed by atoms with E-state index in [-0.39, 0.29) is 6.61 Å². The van der Waals surface area contributed by atoms with Crippen LogP contribution in [0.25, 0.3) is 0 Å². The normalized spacial score (nSPS) is 14.2. The number of fused-ring (bicyclic) bond motifs is 1. The van der Waals surface area contributed by atoms with Crippen LogP contribution in [0.4, 0.5) is 5.00 Å². The number of carbonyl (C=O) groups is 1. The molecule has 1 aliphatic carbocycles. The summed E-state index contributed by atoms with van der Waals surface area (Å²) in [6.45, 7) is 1.97. The smallest absolute Gasteiger partial charge is 0.341 e. The average molecular weight is 324 g/mol. The Morgan fingerprint density at radius 3 is 2.84 bits per heavy atom. The summed E-state index contributed by atoms with van der Waals surface area (Å²) < 4.78 is 30.4. The van der Waals surface area contributed by atoms with E-state index in [1.165, 1.54) is 11.3 Å². The molecule has 2 rings (SSSR count). The van der Waals surface area contributed by atoms with Crippen LogP contribution >= 0.6 is 22.9 Å². The number of thiophene rings is 1. The number of anilines is 1. The van der Waals surface area contributed by atoms with Gasteiger partial charge in [0.05, 0.1) is 12.2 Å². The molecule has 0 bridgehead atoms. The van der Waals surface area contributed by atoms with Crippen LogP contribution < -0.4 is 4.72 Å². The number of hydrogen-bond donors (Lipinski definition) is 1. The Bertz CT molecular complexity index is 594. The lowest BCUT2D eigenvalue weighted by atomic mass is 10.1.